The Morgan fingerprint density at radius 1 is 1.08 bits per heavy atom. The fourth-order valence-corrected chi connectivity index (χ4v) is 4.06. The van der Waals surface area contributed by atoms with Crippen molar-refractivity contribution in [2.75, 3.05) is 44.7 Å². The van der Waals surface area contributed by atoms with Crippen LogP contribution in [0.1, 0.15) is 18.8 Å². The highest BCUT2D eigenvalue weighted by molar-refractivity contribution is 6.07. The molecule has 0 spiro atoms. The number of morpholine rings is 1. The summed E-state index contributed by atoms with van der Waals surface area (Å²) in [5.74, 6) is 1.44. The van der Waals surface area contributed by atoms with Gasteiger partial charge in [0.2, 0.25) is 11.8 Å². The van der Waals surface area contributed by atoms with Crippen LogP contribution in [0.5, 0.6) is 11.6 Å². The van der Waals surface area contributed by atoms with Gasteiger partial charge in [0, 0.05) is 65.8 Å². The lowest BCUT2D eigenvalue weighted by Gasteiger charge is -2.26. The van der Waals surface area contributed by atoms with Crippen LogP contribution in [-0.4, -0.2) is 65.2 Å². The van der Waals surface area contributed by atoms with Gasteiger partial charge in [0.1, 0.15) is 5.75 Å². The van der Waals surface area contributed by atoms with Gasteiger partial charge in [-0.15, -0.1) is 0 Å². The van der Waals surface area contributed by atoms with Crippen LogP contribution in [0, 0.1) is 0 Å². The third-order valence-corrected chi connectivity index (χ3v) is 5.94. The summed E-state index contributed by atoms with van der Waals surface area (Å²) in [6.07, 6.45) is 5.18. The van der Waals surface area contributed by atoms with Crippen molar-refractivity contribution in [2.45, 2.75) is 6.54 Å². The maximum absolute atomic E-state index is 12.9. The summed E-state index contributed by atoms with van der Waals surface area (Å²) in [6.45, 7) is 5.28. The number of ether oxygens (including phenoxy) is 2. The Labute approximate surface area is 212 Å². The maximum Gasteiger partial charge on any atom is 0.251 e. The molecule has 188 valence electrons. The smallest absolute Gasteiger partial charge is 0.251 e. The second kappa shape index (κ2) is 11.6. The third kappa shape index (κ3) is 6.12. The highest BCUT2D eigenvalue weighted by Crippen LogP contribution is 2.27. The van der Waals surface area contributed by atoms with E-state index in [4.69, 9.17) is 9.47 Å². The van der Waals surface area contributed by atoms with Crippen LogP contribution in [0.2, 0.25) is 0 Å². The molecule has 9 heteroatoms. The first-order valence-electron chi connectivity index (χ1n) is 12.0. The van der Waals surface area contributed by atoms with Gasteiger partial charge in [0.05, 0.1) is 13.2 Å². The fourth-order valence-electron chi connectivity index (χ4n) is 4.06. The van der Waals surface area contributed by atoms with Gasteiger partial charge >= 0.3 is 0 Å². The van der Waals surface area contributed by atoms with Gasteiger partial charge in [-0.1, -0.05) is 18.2 Å². The van der Waals surface area contributed by atoms with Crippen LogP contribution in [0.15, 0.2) is 73.2 Å². The lowest BCUT2D eigenvalue weighted by Crippen LogP contribution is -2.41. The Hall–Kier alpha value is -4.08. The Kier molecular flexibility index (Phi) is 7.60. The zero-order chi connectivity index (χ0) is 24.6. The van der Waals surface area contributed by atoms with Crippen LogP contribution < -0.4 is 15.4 Å². The first kappa shape index (κ1) is 23.7. The first-order chi connectivity index (χ1) is 17.7. The quantitative estimate of drug-likeness (QED) is 0.365. The number of nitrogens with one attached hydrogen (secondary N) is 2. The summed E-state index contributed by atoms with van der Waals surface area (Å²) >= 11 is 0. The molecule has 2 aromatic carbocycles. The second-order valence-corrected chi connectivity index (χ2v) is 8.43. The van der Waals surface area contributed by atoms with E-state index in [1.54, 1.807) is 24.7 Å². The molecule has 0 aliphatic carbocycles. The van der Waals surface area contributed by atoms with E-state index in [9.17, 15) is 4.79 Å². The molecule has 1 amide bonds. The van der Waals surface area contributed by atoms with Gasteiger partial charge in [-0.3, -0.25) is 14.7 Å². The number of anilines is 1. The molecular formula is C27H32N6O3. The summed E-state index contributed by atoms with van der Waals surface area (Å²) < 4.78 is 11.4. The van der Waals surface area contributed by atoms with Crippen LogP contribution >= 0.6 is 0 Å². The van der Waals surface area contributed by atoms with Crippen LogP contribution in [0.25, 0.3) is 10.8 Å². The molecule has 2 aromatic heterocycles. The summed E-state index contributed by atoms with van der Waals surface area (Å²) in [6, 6.07) is 16.9. The number of rotatable bonds is 9. The van der Waals surface area contributed by atoms with Gasteiger partial charge in [0.15, 0.2) is 0 Å². The third-order valence-electron chi connectivity index (χ3n) is 5.94. The van der Waals surface area contributed by atoms with Crippen molar-refractivity contribution in [2.24, 2.45) is 0 Å². The summed E-state index contributed by atoms with van der Waals surface area (Å²) in [7, 11) is 0. The molecule has 1 fully saturated rings. The number of benzene rings is 2. The molecule has 2 N–H and O–H groups in total. The molecule has 4 aromatic rings. The van der Waals surface area contributed by atoms with Crippen molar-refractivity contribution in [3.8, 4) is 11.6 Å². The van der Waals surface area contributed by atoms with Gasteiger partial charge in [-0.05, 0) is 46.7 Å². The Morgan fingerprint density at radius 3 is 2.86 bits per heavy atom. The van der Waals surface area contributed by atoms with Crippen molar-refractivity contribution >= 4 is 22.6 Å². The Morgan fingerprint density at radius 2 is 2.00 bits per heavy atom. The minimum Gasteiger partial charge on any atom is -0.439 e. The standard InChI is InChI=1S/C27H28N6O3.2H2/c34-26(29-11-12-33-13-15-35-16-14-33)24-5-1-4-21-17-22(6-7-23(21)24)36-25-8-10-30-27(32-25)31-19-20-3-2-9-28-18-20;;/h1-10,17-18H,11-16,19H2,(H,29,34)(H,30,31,32);2*1H. The molecule has 0 unspecified atom stereocenters. The zero-order valence-corrected chi connectivity index (χ0v) is 19.9. The Bertz CT molecular complexity index is 1320. The molecule has 0 radical (unpaired) electrons. The van der Waals surface area contributed by atoms with Crippen LogP contribution in [0.4, 0.5) is 5.95 Å². The van der Waals surface area contributed by atoms with E-state index >= 15 is 0 Å². The van der Waals surface area contributed by atoms with Crippen LogP contribution in [-0.2, 0) is 11.3 Å². The van der Waals surface area contributed by atoms with Crippen molar-refractivity contribution < 1.29 is 17.1 Å². The van der Waals surface area contributed by atoms with Gasteiger partial charge in [-0.2, -0.15) is 4.98 Å². The number of aromatic nitrogens is 3. The van der Waals surface area contributed by atoms with E-state index in [0.29, 0.717) is 36.2 Å². The molecule has 0 saturated carbocycles. The zero-order valence-electron chi connectivity index (χ0n) is 19.9. The highest BCUT2D eigenvalue weighted by atomic mass is 16.5. The van der Waals surface area contributed by atoms with Gasteiger partial charge in [0.25, 0.3) is 5.91 Å². The largest absolute Gasteiger partial charge is 0.439 e. The van der Waals surface area contributed by atoms with Crippen LogP contribution in [0.3, 0.4) is 0 Å². The minimum absolute atomic E-state index is 0. The number of nitrogens with zero attached hydrogens (tertiary/aromatic N) is 4. The lowest BCUT2D eigenvalue weighted by atomic mass is 10.0. The molecule has 1 aliphatic heterocycles. The maximum atomic E-state index is 12.9. The first-order valence-corrected chi connectivity index (χ1v) is 12.0. The molecule has 1 aliphatic rings. The predicted molar refractivity (Wildman–Crippen MR) is 141 cm³/mol. The van der Waals surface area contributed by atoms with E-state index in [-0.39, 0.29) is 8.76 Å². The van der Waals surface area contributed by atoms with Crippen molar-refractivity contribution in [3.63, 3.8) is 0 Å². The van der Waals surface area contributed by atoms with E-state index in [1.165, 1.54) is 0 Å². The van der Waals surface area contributed by atoms with E-state index in [2.05, 4.69) is 30.5 Å². The number of fused-ring (bicyclic) bond motifs is 1. The normalized spacial score (nSPS) is 13.9. The molecule has 5 rings (SSSR count). The summed E-state index contributed by atoms with van der Waals surface area (Å²) in [4.78, 5) is 28.0. The molecule has 0 bridgehead atoms. The summed E-state index contributed by atoms with van der Waals surface area (Å²) in [5.41, 5.74) is 1.67. The number of hydrogen-bond acceptors (Lipinski definition) is 8. The fraction of sp³-hybridized carbons (Fsp3) is 0.259. The highest BCUT2D eigenvalue weighted by Gasteiger charge is 2.13. The number of hydrogen-bond donors (Lipinski definition) is 2. The van der Waals surface area contributed by atoms with Crippen molar-refractivity contribution in [1.29, 1.82) is 0 Å². The number of pyridine rings is 1. The van der Waals surface area contributed by atoms with Crippen molar-refractivity contribution in [1.82, 2.24) is 25.2 Å². The van der Waals surface area contributed by atoms with Crippen molar-refractivity contribution in [3.05, 3.63) is 84.3 Å². The Balaban J connectivity index is 0.00000200. The lowest BCUT2D eigenvalue weighted by molar-refractivity contribution is 0.0383. The topological polar surface area (TPSA) is 102 Å². The predicted octanol–water partition coefficient (Wildman–Crippen LogP) is 3.98. The molecular weight excluding hydrogens is 456 g/mol. The molecule has 36 heavy (non-hydrogen) atoms. The molecule has 9 nitrogen and oxygen atoms in total. The summed E-state index contributed by atoms with van der Waals surface area (Å²) in [5, 5.41) is 8.01. The monoisotopic (exact) mass is 488 g/mol. The average Bonchev–Trinajstić information content (AvgIpc) is 2.93. The SMILES string of the molecule is O=C(NCCN1CCOCC1)c1cccc2cc(Oc3ccnc(NCc4cccnc4)n3)ccc12.[HH].[HH]. The number of carbonyl (C=O) groups excluding carboxylic acids is 1. The second-order valence-electron chi connectivity index (χ2n) is 8.43. The van der Waals surface area contributed by atoms with Gasteiger partial charge in [-0.25, -0.2) is 4.98 Å². The molecule has 3 heterocycles. The molecule has 1 saturated heterocycles. The molecule has 0 atom stereocenters. The average molecular weight is 489 g/mol. The number of carbonyl (C=O) groups is 1. The van der Waals surface area contributed by atoms with E-state index in [0.717, 1.165) is 49.2 Å². The van der Waals surface area contributed by atoms with Gasteiger partial charge < -0.3 is 20.1 Å². The minimum atomic E-state index is -0.0809. The van der Waals surface area contributed by atoms with E-state index in [1.807, 2.05) is 48.5 Å². The number of amides is 1. The van der Waals surface area contributed by atoms with E-state index < -0.39 is 0 Å².